The first kappa shape index (κ1) is 15.4. The smallest absolute Gasteiger partial charge is 0.210 e. The molecule has 1 aromatic carbocycles. The van der Waals surface area contributed by atoms with Gasteiger partial charge in [0.2, 0.25) is 5.96 Å². The van der Waals surface area contributed by atoms with Crippen LogP contribution in [0.15, 0.2) is 29.3 Å². The van der Waals surface area contributed by atoms with Gasteiger partial charge in [0, 0.05) is 25.5 Å². The van der Waals surface area contributed by atoms with Gasteiger partial charge in [-0.1, -0.05) is 18.2 Å². The van der Waals surface area contributed by atoms with E-state index in [4.69, 9.17) is 15.3 Å². The fourth-order valence-corrected chi connectivity index (χ4v) is 1.66. The van der Waals surface area contributed by atoms with Crippen molar-refractivity contribution in [1.82, 2.24) is 5.43 Å². The standard InChI is InChI=1S/C13H22N4O2/c1-10(8-18-2)15-13(17-14)16-12-7-5-4-6-11(12)9-19-3/h4-7,10H,8-9,14H2,1-3H3,(H2,15,16,17). The molecule has 0 saturated carbocycles. The van der Waals surface area contributed by atoms with E-state index >= 15 is 0 Å². The lowest BCUT2D eigenvalue weighted by atomic mass is 10.2. The van der Waals surface area contributed by atoms with Crippen LogP contribution in [0.3, 0.4) is 0 Å². The highest BCUT2D eigenvalue weighted by atomic mass is 16.5. The molecule has 1 unspecified atom stereocenters. The molecule has 1 atom stereocenters. The van der Waals surface area contributed by atoms with E-state index in [1.807, 2.05) is 31.2 Å². The number of benzene rings is 1. The third kappa shape index (κ3) is 5.25. The molecule has 0 radical (unpaired) electrons. The van der Waals surface area contributed by atoms with Gasteiger partial charge in [-0.3, -0.25) is 5.43 Å². The quantitative estimate of drug-likeness (QED) is 0.311. The average molecular weight is 266 g/mol. The van der Waals surface area contributed by atoms with E-state index in [0.29, 0.717) is 19.2 Å². The molecule has 1 aromatic rings. The Balaban J connectivity index is 2.80. The summed E-state index contributed by atoms with van der Waals surface area (Å²) in [5.41, 5.74) is 4.49. The summed E-state index contributed by atoms with van der Waals surface area (Å²) >= 11 is 0. The number of methoxy groups -OCH3 is 2. The van der Waals surface area contributed by atoms with Gasteiger partial charge in [0.15, 0.2) is 0 Å². The number of hydrogen-bond acceptors (Lipinski definition) is 4. The molecule has 0 spiro atoms. The van der Waals surface area contributed by atoms with E-state index in [-0.39, 0.29) is 6.04 Å². The Labute approximate surface area is 114 Å². The van der Waals surface area contributed by atoms with E-state index in [2.05, 4.69) is 15.7 Å². The molecule has 0 aliphatic rings. The molecule has 4 N–H and O–H groups in total. The molecular formula is C13H22N4O2. The first-order chi connectivity index (χ1) is 9.21. The average Bonchev–Trinajstić information content (AvgIpc) is 2.40. The van der Waals surface area contributed by atoms with Crippen LogP contribution in [-0.2, 0) is 16.1 Å². The molecule has 19 heavy (non-hydrogen) atoms. The Morgan fingerprint density at radius 3 is 2.68 bits per heavy atom. The number of para-hydroxylation sites is 1. The van der Waals surface area contributed by atoms with E-state index in [1.165, 1.54) is 0 Å². The first-order valence-corrected chi connectivity index (χ1v) is 6.08. The minimum atomic E-state index is 0.0122. The van der Waals surface area contributed by atoms with Gasteiger partial charge >= 0.3 is 0 Å². The molecule has 1 rings (SSSR count). The number of nitrogens with zero attached hydrogens (tertiary/aromatic N) is 1. The Morgan fingerprint density at radius 1 is 1.32 bits per heavy atom. The van der Waals surface area contributed by atoms with Gasteiger partial charge in [-0.25, -0.2) is 10.8 Å². The number of aliphatic imine (C=N–C) groups is 1. The zero-order valence-corrected chi connectivity index (χ0v) is 11.6. The lowest BCUT2D eigenvalue weighted by Crippen LogP contribution is -2.37. The zero-order valence-electron chi connectivity index (χ0n) is 11.6. The number of nitrogens with two attached hydrogens (primary N) is 1. The predicted octanol–water partition coefficient (Wildman–Crippen LogP) is 1.10. The van der Waals surface area contributed by atoms with Crippen molar-refractivity contribution in [3.63, 3.8) is 0 Å². The summed E-state index contributed by atoms with van der Waals surface area (Å²) in [6.07, 6.45) is 0. The van der Waals surface area contributed by atoms with Crippen LogP contribution in [0, 0.1) is 0 Å². The summed E-state index contributed by atoms with van der Waals surface area (Å²) < 4.78 is 10.2. The van der Waals surface area contributed by atoms with E-state index in [9.17, 15) is 0 Å². The van der Waals surface area contributed by atoms with Gasteiger partial charge in [-0.15, -0.1) is 0 Å². The molecule has 106 valence electrons. The predicted molar refractivity (Wildman–Crippen MR) is 76.9 cm³/mol. The topological polar surface area (TPSA) is 80.9 Å². The Morgan fingerprint density at radius 2 is 2.05 bits per heavy atom. The normalized spacial score (nSPS) is 13.2. The van der Waals surface area contributed by atoms with Crippen LogP contribution in [-0.4, -0.2) is 32.8 Å². The minimum absolute atomic E-state index is 0.0122. The molecule has 0 saturated heterocycles. The van der Waals surface area contributed by atoms with Crippen molar-refractivity contribution in [3.8, 4) is 0 Å². The van der Waals surface area contributed by atoms with Gasteiger partial charge in [0.05, 0.1) is 19.3 Å². The lowest BCUT2D eigenvalue weighted by molar-refractivity contribution is 0.185. The second-order valence-electron chi connectivity index (χ2n) is 4.14. The fraction of sp³-hybridized carbons (Fsp3) is 0.462. The zero-order chi connectivity index (χ0) is 14.1. The Hall–Kier alpha value is -1.63. The first-order valence-electron chi connectivity index (χ1n) is 6.08. The van der Waals surface area contributed by atoms with Crippen LogP contribution in [0.4, 0.5) is 5.69 Å². The van der Waals surface area contributed by atoms with Gasteiger partial charge in [0.25, 0.3) is 0 Å². The van der Waals surface area contributed by atoms with Crippen LogP contribution in [0.2, 0.25) is 0 Å². The molecule has 6 heteroatoms. The second kappa shape index (κ2) is 8.47. The molecule has 0 aliphatic heterocycles. The summed E-state index contributed by atoms with van der Waals surface area (Å²) in [7, 11) is 3.30. The third-order valence-electron chi connectivity index (χ3n) is 2.46. The van der Waals surface area contributed by atoms with Crippen LogP contribution in [0.1, 0.15) is 12.5 Å². The Bertz CT molecular complexity index is 409. The monoisotopic (exact) mass is 266 g/mol. The van der Waals surface area contributed by atoms with Crippen molar-refractivity contribution < 1.29 is 9.47 Å². The highest BCUT2D eigenvalue weighted by Crippen LogP contribution is 2.15. The van der Waals surface area contributed by atoms with Gasteiger partial charge in [-0.05, 0) is 13.0 Å². The molecule has 0 amide bonds. The van der Waals surface area contributed by atoms with Crippen molar-refractivity contribution in [2.24, 2.45) is 10.8 Å². The lowest BCUT2D eigenvalue weighted by Gasteiger charge is -2.14. The third-order valence-corrected chi connectivity index (χ3v) is 2.46. The molecule has 0 fully saturated rings. The van der Waals surface area contributed by atoms with Crippen LogP contribution >= 0.6 is 0 Å². The molecule has 0 aliphatic carbocycles. The Kier molecular flexibility index (Phi) is 6.88. The number of rotatable bonds is 6. The maximum absolute atomic E-state index is 5.47. The van der Waals surface area contributed by atoms with Crippen molar-refractivity contribution >= 4 is 11.6 Å². The molecule has 0 bridgehead atoms. The molecule has 0 aromatic heterocycles. The summed E-state index contributed by atoms with van der Waals surface area (Å²) in [5, 5.41) is 3.15. The van der Waals surface area contributed by atoms with E-state index in [1.54, 1.807) is 14.2 Å². The largest absolute Gasteiger partial charge is 0.382 e. The number of ether oxygens (including phenoxy) is 2. The summed E-state index contributed by atoms with van der Waals surface area (Å²) in [6, 6.07) is 7.84. The van der Waals surface area contributed by atoms with Crippen LogP contribution < -0.4 is 16.6 Å². The summed E-state index contributed by atoms with van der Waals surface area (Å²) in [4.78, 5) is 4.38. The number of nitrogens with one attached hydrogen (secondary N) is 2. The second-order valence-corrected chi connectivity index (χ2v) is 4.14. The number of hydrazine groups is 1. The van der Waals surface area contributed by atoms with Crippen molar-refractivity contribution in [2.45, 2.75) is 19.6 Å². The van der Waals surface area contributed by atoms with Crippen molar-refractivity contribution in [2.75, 3.05) is 26.1 Å². The molecule has 6 nitrogen and oxygen atoms in total. The highest BCUT2D eigenvalue weighted by Gasteiger charge is 2.06. The van der Waals surface area contributed by atoms with Gasteiger partial charge < -0.3 is 14.8 Å². The maximum Gasteiger partial charge on any atom is 0.210 e. The highest BCUT2D eigenvalue weighted by molar-refractivity contribution is 5.94. The van der Waals surface area contributed by atoms with Crippen LogP contribution in [0.5, 0.6) is 0 Å². The molecule has 0 heterocycles. The fourth-order valence-electron chi connectivity index (χ4n) is 1.66. The van der Waals surface area contributed by atoms with Crippen molar-refractivity contribution in [3.05, 3.63) is 29.8 Å². The van der Waals surface area contributed by atoms with E-state index in [0.717, 1.165) is 11.3 Å². The summed E-state index contributed by atoms with van der Waals surface area (Å²) in [6.45, 7) is 3.00. The van der Waals surface area contributed by atoms with Crippen molar-refractivity contribution in [1.29, 1.82) is 0 Å². The maximum atomic E-state index is 5.47. The van der Waals surface area contributed by atoms with Gasteiger partial charge in [0.1, 0.15) is 0 Å². The minimum Gasteiger partial charge on any atom is -0.382 e. The molecular weight excluding hydrogens is 244 g/mol. The number of hydrogen-bond donors (Lipinski definition) is 3. The van der Waals surface area contributed by atoms with Crippen LogP contribution in [0.25, 0.3) is 0 Å². The summed E-state index contributed by atoms with van der Waals surface area (Å²) in [5.74, 6) is 5.97. The SMILES string of the molecule is COCc1ccccc1NC(=NC(C)COC)NN. The number of guanidine groups is 1. The number of anilines is 1. The van der Waals surface area contributed by atoms with E-state index < -0.39 is 0 Å². The van der Waals surface area contributed by atoms with Gasteiger partial charge in [-0.2, -0.15) is 0 Å².